The summed E-state index contributed by atoms with van der Waals surface area (Å²) in [5.41, 5.74) is 0.400. The lowest BCUT2D eigenvalue weighted by molar-refractivity contribution is 0.366. The van der Waals surface area contributed by atoms with Crippen LogP contribution in [0, 0.1) is 5.82 Å². The fraction of sp³-hybridized carbons (Fsp3) is 0.353. The molecule has 1 unspecified atom stereocenters. The summed E-state index contributed by atoms with van der Waals surface area (Å²) in [5.74, 6) is 1.81. The topological polar surface area (TPSA) is 77.0 Å². The molecule has 0 spiro atoms. The van der Waals surface area contributed by atoms with Gasteiger partial charge in [-0.2, -0.15) is 4.98 Å². The van der Waals surface area contributed by atoms with Gasteiger partial charge in [-0.1, -0.05) is 17.3 Å². The van der Waals surface area contributed by atoms with Gasteiger partial charge in [-0.3, -0.25) is 0 Å². The van der Waals surface area contributed by atoms with E-state index in [1.807, 2.05) is 14.0 Å². The number of likely N-dealkylation sites (N-methyl/N-ethyl adjacent to an activating group) is 1. The number of hydrogen-bond donors (Lipinski definition) is 1. The molecule has 0 radical (unpaired) electrons. The maximum absolute atomic E-state index is 13.7. The van der Waals surface area contributed by atoms with E-state index in [0.717, 1.165) is 0 Å². The van der Waals surface area contributed by atoms with Crippen LogP contribution in [0.1, 0.15) is 24.5 Å². The number of hydrogen-bond acceptors (Lipinski definition) is 6. The molecule has 0 aliphatic carbocycles. The van der Waals surface area contributed by atoms with Crippen LogP contribution in [0.5, 0.6) is 0 Å². The largest absolute Gasteiger partial charge is 0.441 e. The standard InChI is InChI=1S/C17H19FN4O2.ClH/c1-11(19-2)9-15-21-17(24-22-15)8-7-16-20-10-14(23-16)12-5-3-4-6-13(12)18;/h3-6,10-11,19H,7-9H2,1-2H3;1H. The third-order valence-corrected chi connectivity index (χ3v) is 3.74. The molecule has 3 rings (SSSR count). The normalized spacial score (nSPS) is 12.0. The van der Waals surface area contributed by atoms with Crippen LogP contribution in [0.15, 0.2) is 39.4 Å². The van der Waals surface area contributed by atoms with Gasteiger partial charge in [-0.05, 0) is 26.1 Å². The van der Waals surface area contributed by atoms with E-state index in [2.05, 4.69) is 20.4 Å². The van der Waals surface area contributed by atoms with E-state index in [-0.39, 0.29) is 24.3 Å². The van der Waals surface area contributed by atoms with E-state index < -0.39 is 0 Å². The molecule has 0 bridgehead atoms. The molecule has 0 aliphatic heterocycles. The smallest absolute Gasteiger partial charge is 0.227 e. The molecule has 1 atom stereocenters. The summed E-state index contributed by atoms with van der Waals surface area (Å²) in [7, 11) is 1.89. The van der Waals surface area contributed by atoms with E-state index >= 15 is 0 Å². The van der Waals surface area contributed by atoms with Gasteiger partial charge in [-0.25, -0.2) is 9.37 Å². The van der Waals surface area contributed by atoms with Crippen LogP contribution in [-0.4, -0.2) is 28.2 Å². The van der Waals surface area contributed by atoms with E-state index in [1.165, 1.54) is 12.3 Å². The second-order valence-electron chi connectivity index (χ2n) is 5.60. The summed E-state index contributed by atoms with van der Waals surface area (Å²) in [5, 5.41) is 7.08. The summed E-state index contributed by atoms with van der Waals surface area (Å²) in [6, 6.07) is 6.73. The molecule has 0 amide bonds. The molecule has 134 valence electrons. The fourth-order valence-corrected chi connectivity index (χ4v) is 2.28. The maximum Gasteiger partial charge on any atom is 0.227 e. The van der Waals surface area contributed by atoms with Crippen molar-refractivity contribution in [3.8, 4) is 11.3 Å². The Morgan fingerprint density at radius 2 is 1.96 bits per heavy atom. The molecule has 8 heteroatoms. The Labute approximate surface area is 151 Å². The first-order valence-corrected chi connectivity index (χ1v) is 7.84. The highest BCUT2D eigenvalue weighted by atomic mass is 35.5. The average molecular weight is 367 g/mol. The van der Waals surface area contributed by atoms with Crippen molar-refractivity contribution in [2.24, 2.45) is 0 Å². The van der Waals surface area contributed by atoms with Gasteiger partial charge in [-0.15, -0.1) is 12.4 Å². The molecule has 6 nitrogen and oxygen atoms in total. The molecular formula is C17H20ClFN4O2. The molecular weight excluding hydrogens is 347 g/mol. The lowest BCUT2D eigenvalue weighted by Crippen LogP contribution is -2.24. The first-order valence-electron chi connectivity index (χ1n) is 7.84. The molecule has 0 aliphatic rings. The number of halogens is 2. The number of benzene rings is 1. The van der Waals surface area contributed by atoms with Crippen molar-refractivity contribution >= 4 is 12.4 Å². The van der Waals surface area contributed by atoms with E-state index in [9.17, 15) is 4.39 Å². The SMILES string of the molecule is CNC(C)Cc1noc(CCc2ncc(-c3ccccc3F)o2)n1.Cl. The second-order valence-corrected chi connectivity index (χ2v) is 5.60. The molecule has 1 aromatic carbocycles. The highest BCUT2D eigenvalue weighted by molar-refractivity contribution is 5.85. The summed E-state index contributed by atoms with van der Waals surface area (Å²) in [4.78, 5) is 8.53. The van der Waals surface area contributed by atoms with Gasteiger partial charge in [0.1, 0.15) is 5.82 Å². The van der Waals surface area contributed by atoms with Gasteiger partial charge in [0.25, 0.3) is 0 Å². The van der Waals surface area contributed by atoms with Gasteiger partial charge >= 0.3 is 0 Å². The third-order valence-electron chi connectivity index (χ3n) is 3.74. The van der Waals surface area contributed by atoms with Crippen LogP contribution in [0.2, 0.25) is 0 Å². The fourth-order valence-electron chi connectivity index (χ4n) is 2.28. The number of rotatable bonds is 7. The Kier molecular flexibility index (Phi) is 6.66. The molecule has 1 N–H and O–H groups in total. The van der Waals surface area contributed by atoms with Crippen LogP contribution in [0.25, 0.3) is 11.3 Å². The van der Waals surface area contributed by atoms with Gasteiger partial charge in [0.2, 0.25) is 5.89 Å². The predicted octanol–water partition coefficient (Wildman–Crippen LogP) is 3.22. The highest BCUT2D eigenvalue weighted by Crippen LogP contribution is 2.23. The molecule has 2 aromatic heterocycles. The predicted molar refractivity (Wildman–Crippen MR) is 93.1 cm³/mol. The number of nitrogens with zero attached hydrogens (tertiary/aromatic N) is 3. The summed E-state index contributed by atoms with van der Waals surface area (Å²) in [6.45, 7) is 2.05. The number of aromatic nitrogens is 3. The highest BCUT2D eigenvalue weighted by Gasteiger charge is 2.13. The van der Waals surface area contributed by atoms with Crippen molar-refractivity contribution in [2.75, 3.05) is 7.05 Å². The molecule has 0 fully saturated rings. The minimum atomic E-state index is -0.333. The van der Waals surface area contributed by atoms with Gasteiger partial charge < -0.3 is 14.3 Å². The van der Waals surface area contributed by atoms with Crippen molar-refractivity contribution in [1.29, 1.82) is 0 Å². The first kappa shape index (κ1) is 19.1. The van der Waals surface area contributed by atoms with Crippen molar-refractivity contribution < 1.29 is 13.3 Å². The average Bonchev–Trinajstić information content (AvgIpc) is 3.22. The number of oxazole rings is 1. The lowest BCUT2D eigenvalue weighted by Gasteiger charge is -2.04. The minimum Gasteiger partial charge on any atom is -0.441 e. The number of nitrogens with one attached hydrogen (secondary N) is 1. The molecule has 25 heavy (non-hydrogen) atoms. The van der Waals surface area contributed by atoms with Crippen molar-refractivity contribution in [2.45, 2.75) is 32.2 Å². The Morgan fingerprint density at radius 1 is 1.20 bits per heavy atom. The molecule has 0 saturated heterocycles. The summed E-state index contributed by atoms with van der Waals surface area (Å²) >= 11 is 0. The maximum atomic E-state index is 13.7. The molecule has 3 aromatic rings. The Balaban J connectivity index is 0.00000225. The van der Waals surface area contributed by atoms with Crippen molar-refractivity contribution in [3.05, 3.63) is 53.9 Å². The zero-order valence-corrected chi connectivity index (χ0v) is 14.8. The van der Waals surface area contributed by atoms with Gasteiger partial charge in [0.05, 0.1) is 11.8 Å². The van der Waals surface area contributed by atoms with Crippen LogP contribution < -0.4 is 5.32 Å². The monoisotopic (exact) mass is 366 g/mol. The zero-order chi connectivity index (χ0) is 16.9. The Bertz CT molecular complexity index is 805. The van der Waals surface area contributed by atoms with Crippen LogP contribution >= 0.6 is 12.4 Å². The van der Waals surface area contributed by atoms with Gasteiger partial charge in [0, 0.05) is 25.3 Å². The van der Waals surface area contributed by atoms with Crippen LogP contribution in [0.3, 0.4) is 0 Å². The zero-order valence-electron chi connectivity index (χ0n) is 14.0. The second kappa shape index (κ2) is 8.73. The lowest BCUT2D eigenvalue weighted by atomic mass is 10.2. The van der Waals surface area contributed by atoms with Crippen molar-refractivity contribution in [1.82, 2.24) is 20.4 Å². The number of aryl methyl sites for hydroxylation is 2. The van der Waals surface area contributed by atoms with Crippen molar-refractivity contribution in [3.63, 3.8) is 0 Å². The quantitative estimate of drug-likeness (QED) is 0.691. The summed E-state index contributed by atoms with van der Waals surface area (Å²) < 4.78 is 24.6. The van der Waals surface area contributed by atoms with E-state index in [4.69, 9.17) is 8.94 Å². The first-order chi connectivity index (χ1) is 11.7. The molecule has 0 saturated carbocycles. The Morgan fingerprint density at radius 3 is 2.72 bits per heavy atom. The van der Waals surface area contributed by atoms with E-state index in [0.29, 0.717) is 48.2 Å². The third kappa shape index (κ3) is 4.87. The minimum absolute atomic E-state index is 0. The Hall–Kier alpha value is -2.25. The van der Waals surface area contributed by atoms with Crippen LogP contribution in [0.4, 0.5) is 4.39 Å². The van der Waals surface area contributed by atoms with Gasteiger partial charge in [0.15, 0.2) is 17.5 Å². The van der Waals surface area contributed by atoms with Crippen LogP contribution in [-0.2, 0) is 19.3 Å². The molecule has 2 heterocycles. The van der Waals surface area contributed by atoms with E-state index in [1.54, 1.807) is 18.2 Å². The summed E-state index contributed by atoms with van der Waals surface area (Å²) in [6.07, 6.45) is 3.27.